The summed E-state index contributed by atoms with van der Waals surface area (Å²) >= 11 is 0. The minimum Gasteiger partial charge on any atom is -0.381 e. The summed E-state index contributed by atoms with van der Waals surface area (Å²) in [6, 6.07) is 9.04. The van der Waals surface area contributed by atoms with Crippen LogP contribution in [0.2, 0.25) is 0 Å². The van der Waals surface area contributed by atoms with Crippen molar-refractivity contribution in [1.29, 1.82) is 0 Å². The molecule has 25 heavy (non-hydrogen) atoms. The highest BCUT2D eigenvalue weighted by molar-refractivity contribution is 5.09. The summed E-state index contributed by atoms with van der Waals surface area (Å²) in [5.41, 5.74) is 3.29. The molecule has 134 valence electrons. The van der Waals surface area contributed by atoms with Crippen molar-refractivity contribution in [3.8, 4) is 0 Å². The fourth-order valence-corrected chi connectivity index (χ4v) is 3.85. The molecule has 0 N–H and O–H groups in total. The van der Waals surface area contributed by atoms with Crippen LogP contribution in [0, 0.1) is 6.92 Å². The predicted molar refractivity (Wildman–Crippen MR) is 94.1 cm³/mol. The van der Waals surface area contributed by atoms with Crippen molar-refractivity contribution in [1.82, 2.24) is 19.7 Å². The molecule has 2 aromatic rings. The number of ether oxygens (including phenoxy) is 2. The van der Waals surface area contributed by atoms with Gasteiger partial charge in [0.2, 0.25) is 0 Å². The molecule has 4 heterocycles. The molecule has 6 nitrogen and oxygen atoms in total. The van der Waals surface area contributed by atoms with E-state index in [4.69, 9.17) is 9.47 Å². The molecule has 1 unspecified atom stereocenters. The summed E-state index contributed by atoms with van der Waals surface area (Å²) in [5.74, 6) is 0. The SMILES string of the molecule is Cc1cccc(COCC2CN(C3CCOCC3)Cc3ccnn32)n1. The second-order valence-electron chi connectivity index (χ2n) is 6.98. The largest absolute Gasteiger partial charge is 0.381 e. The van der Waals surface area contributed by atoms with Crippen molar-refractivity contribution >= 4 is 0 Å². The van der Waals surface area contributed by atoms with Gasteiger partial charge in [-0.2, -0.15) is 5.10 Å². The maximum Gasteiger partial charge on any atom is 0.0889 e. The molecule has 0 radical (unpaired) electrons. The molecule has 0 aliphatic carbocycles. The molecule has 0 saturated carbocycles. The van der Waals surface area contributed by atoms with Gasteiger partial charge in [-0.15, -0.1) is 0 Å². The van der Waals surface area contributed by atoms with Crippen molar-refractivity contribution in [3.63, 3.8) is 0 Å². The van der Waals surface area contributed by atoms with Gasteiger partial charge in [-0.05, 0) is 38.0 Å². The summed E-state index contributed by atoms with van der Waals surface area (Å²) < 4.78 is 13.7. The van der Waals surface area contributed by atoms with E-state index < -0.39 is 0 Å². The molecule has 0 aromatic carbocycles. The van der Waals surface area contributed by atoms with Crippen LogP contribution in [0.25, 0.3) is 0 Å². The smallest absolute Gasteiger partial charge is 0.0889 e. The van der Waals surface area contributed by atoms with Gasteiger partial charge in [-0.1, -0.05) is 6.07 Å². The Morgan fingerprint density at radius 1 is 1.24 bits per heavy atom. The normalized spacial score (nSPS) is 22.0. The number of aromatic nitrogens is 3. The van der Waals surface area contributed by atoms with E-state index in [1.165, 1.54) is 5.69 Å². The van der Waals surface area contributed by atoms with Crippen LogP contribution in [0.4, 0.5) is 0 Å². The van der Waals surface area contributed by atoms with Gasteiger partial charge >= 0.3 is 0 Å². The third-order valence-electron chi connectivity index (χ3n) is 5.12. The van der Waals surface area contributed by atoms with E-state index in [2.05, 4.69) is 25.7 Å². The van der Waals surface area contributed by atoms with Gasteiger partial charge < -0.3 is 9.47 Å². The Morgan fingerprint density at radius 3 is 2.96 bits per heavy atom. The van der Waals surface area contributed by atoms with Crippen LogP contribution in [-0.4, -0.2) is 52.1 Å². The zero-order valence-electron chi connectivity index (χ0n) is 14.8. The van der Waals surface area contributed by atoms with E-state index in [-0.39, 0.29) is 6.04 Å². The highest BCUT2D eigenvalue weighted by Gasteiger charge is 2.30. The number of nitrogens with zero attached hydrogens (tertiary/aromatic N) is 4. The minimum absolute atomic E-state index is 0.256. The Balaban J connectivity index is 1.39. The zero-order valence-corrected chi connectivity index (χ0v) is 14.8. The van der Waals surface area contributed by atoms with Crippen LogP contribution in [0.5, 0.6) is 0 Å². The highest BCUT2D eigenvalue weighted by Crippen LogP contribution is 2.26. The van der Waals surface area contributed by atoms with Crippen LogP contribution in [0.3, 0.4) is 0 Å². The van der Waals surface area contributed by atoms with Crippen LogP contribution in [0.15, 0.2) is 30.5 Å². The van der Waals surface area contributed by atoms with Crippen molar-refractivity contribution in [2.75, 3.05) is 26.4 Å². The van der Waals surface area contributed by atoms with Gasteiger partial charge in [0.15, 0.2) is 0 Å². The Bertz CT molecular complexity index is 696. The highest BCUT2D eigenvalue weighted by atomic mass is 16.5. The molecule has 2 aromatic heterocycles. The molecule has 0 spiro atoms. The first-order valence-corrected chi connectivity index (χ1v) is 9.14. The molecule has 1 fully saturated rings. The van der Waals surface area contributed by atoms with E-state index in [1.54, 1.807) is 0 Å². The van der Waals surface area contributed by atoms with Gasteiger partial charge in [-0.3, -0.25) is 14.6 Å². The molecule has 1 saturated heterocycles. The second kappa shape index (κ2) is 7.64. The fraction of sp³-hybridized carbons (Fsp3) is 0.579. The molecular formula is C19H26N4O2. The van der Waals surface area contributed by atoms with Crippen LogP contribution < -0.4 is 0 Å². The quantitative estimate of drug-likeness (QED) is 0.835. The first kappa shape index (κ1) is 16.7. The standard InChI is InChI=1S/C19H26N4O2/c1-15-3-2-4-16(21-15)13-25-14-19-12-22(17-6-9-24-10-7-17)11-18-5-8-20-23(18)19/h2-5,8,17,19H,6-7,9-14H2,1H3. The molecule has 0 amide bonds. The summed E-state index contributed by atoms with van der Waals surface area (Å²) in [7, 11) is 0. The van der Waals surface area contributed by atoms with E-state index in [0.717, 1.165) is 50.5 Å². The van der Waals surface area contributed by atoms with E-state index in [1.807, 2.05) is 31.3 Å². The van der Waals surface area contributed by atoms with E-state index in [9.17, 15) is 0 Å². The lowest BCUT2D eigenvalue weighted by atomic mass is 10.0. The maximum absolute atomic E-state index is 6.00. The van der Waals surface area contributed by atoms with E-state index >= 15 is 0 Å². The number of fused-ring (bicyclic) bond motifs is 1. The second-order valence-corrected chi connectivity index (χ2v) is 6.98. The number of hydrogen-bond acceptors (Lipinski definition) is 5. The van der Waals surface area contributed by atoms with Crippen LogP contribution >= 0.6 is 0 Å². The third-order valence-corrected chi connectivity index (χ3v) is 5.12. The van der Waals surface area contributed by atoms with Crippen molar-refractivity contribution in [2.45, 2.75) is 45.0 Å². The monoisotopic (exact) mass is 342 g/mol. The van der Waals surface area contributed by atoms with E-state index in [0.29, 0.717) is 19.3 Å². The third kappa shape index (κ3) is 3.92. The van der Waals surface area contributed by atoms with Gasteiger partial charge in [0.25, 0.3) is 0 Å². The maximum atomic E-state index is 6.00. The summed E-state index contributed by atoms with van der Waals surface area (Å²) in [4.78, 5) is 7.09. The Kier molecular flexibility index (Phi) is 5.10. The lowest BCUT2D eigenvalue weighted by Crippen LogP contribution is -2.46. The molecule has 6 heteroatoms. The lowest BCUT2D eigenvalue weighted by molar-refractivity contribution is 0.0000517. The molecular weight excluding hydrogens is 316 g/mol. The van der Waals surface area contributed by atoms with Gasteiger partial charge in [0, 0.05) is 44.2 Å². The molecule has 2 aliphatic heterocycles. The van der Waals surface area contributed by atoms with Gasteiger partial charge in [0.05, 0.1) is 30.6 Å². The Labute approximate surface area is 148 Å². The minimum atomic E-state index is 0.256. The number of pyridine rings is 1. The predicted octanol–water partition coefficient (Wildman–Crippen LogP) is 2.34. The average molecular weight is 342 g/mol. The average Bonchev–Trinajstić information content (AvgIpc) is 3.11. The first-order valence-electron chi connectivity index (χ1n) is 9.14. The molecule has 0 bridgehead atoms. The van der Waals surface area contributed by atoms with Gasteiger partial charge in [0.1, 0.15) is 0 Å². The first-order chi connectivity index (χ1) is 12.3. The number of rotatable bonds is 5. The summed E-state index contributed by atoms with van der Waals surface area (Å²) in [6.07, 6.45) is 4.14. The Morgan fingerprint density at radius 2 is 2.12 bits per heavy atom. The molecule has 4 rings (SSSR count). The van der Waals surface area contributed by atoms with Gasteiger partial charge in [-0.25, -0.2) is 0 Å². The van der Waals surface area contributed by atoms with Crippen molar-refractivity contribution in [2.24, 2.45) is 0 Å². The molecule has 2 aliphatic rings. The van der Waals surface area contributed by atoms with Crippen LogP contribution in [-0.2, 0) is 22.6 Å². The number of aryl methyl sites for hydroxylation is 1. The lowest BCUT2D eigenvalue weighted by Gasteiger charge is -2.40. The molecule has 1 atom stereocenters. The summed E-state index contributed by atoms with van der Waals surface area (Å²) in [6.45, 7) is 6.92. The number of hydrogen-bond donors (Lipinski definition) is 0. The fourth-order valence-electron chi connectivity index (χ4n) is 3.85. The topological polar surface area (TPSA) is 52.4 Å². The Hall–Kier alpha value is -1.76. The summed E-state index contributed by atoms with van der Waals surface area (Å²) in [5, 5.41) is 4.53. The zero-order chi connectivity index (χ0) is 17.1. The van der Waals surface area contributed by atoms with Crippen LogP contribution in [0.1, 0.15) is 36.0 Å². The van der Waals surface area contributed by atoms with Crippen molar-refractivity contribution < 1.29 is 9.47 Å². The van der Waals surface area contributed by atoms with Crippen molar-refractivity contribution in [3.05, 3.63) is 47.5 Å².